The highest BCUT2D eigenvalue weighted by molar-refractivity contribution is 7.98. The molecule has 4 nitrogen and oxygen atoms in total. The standard InChI is InChI=1S/C20H18ClN3OS/c21-15-7-9-16(10-8-15)24-20(17-12-26-13-18(17)23-24)22-19(25)11-6-14-4-2-1-3-5-14/h1-5,7-10H,6,11-13H2,(H,22,25). The molecule has 0 atom stereocenters. The molecule has 2 heterocycles. The SMILES string of the molecule is O=C(CCc1ccccc1)Nc1c2c(nn1-c1ccc(Cl)cc1)CSC2. The van der Waals surface area contributed by atoms with Crippen LogP contribution < -0.4 is 5.32 Å². The summed E-state index contributed by atoms with van der Waals surface area (Å²) in [4.78, 5) is 12.5. The molecule has 2 aromatic carbocycles. The summed E-state index contributed by atoms with van der Waals surface area (Å²) in [5, 5.41) is 8.47. The third kappa shape index (κ3) is 3.64. The Morgan fingerprint density at radius 1 is 1.12 bits per heavy atom. The molecule has 0 unspecified atom stereocenters. The first-order chi connectivity index (χ1) is 12.7. The molecule has 1 aliphatic heterocycles. The van der Waals surface area contributed by atoms with Crippen molar-refractivity contribution in [1.29, 1.82) is 0 Å². The molecule has 1 amide bonds. The first-order valence-corrected chi connectivity index (χ1v) is 10.0. The van der Waals surface area contributed by atoms with Crippen molar-refractivity contribution in [3.05, 3.63) is 76.4 Å². The molecule has 0 saturated carbocycles. The van der Waals surface area contributed by atoms with E-state index < -0.39 is 0 Å². The van der Waals surface area contributed by atoms with E-state index in [9.17, 15) is 4.79 Å². The van der Waals surface area contributed by atoms with Gasteiger partial charge in [0.1, 0.15) is 5.82 Å². The van der Waals surface area contributed by atoms with Gasteiger partial charge in [-0.1, -0.05) is 41.9 Å². The maximum absolute atomic E-state index is 12.5. The van der Waals surface area contributed by atoms with Crippen LogP contribution in [0.15, 0.2) is 54.6 Å². The van der Waals surface area contributed by atoms with Gasteiger partial charge < -0.3 is 5.32 Å². The van der Waals surface area contributed by atoms with Gasteiger partial charge in [0.2, 0.25) is 5.91 Å². The van der Waals surface area contributed by atoms with Crippen LogP contribution in [0.2, 0.25) is 5.02 Å². The third-order valence-electron chi connectivity index (χ3n) is 4.36. The Bertz CT molecular complexity index is 922. The fourth-order valence-electron chi connectivity index (χ4n) is 3.01. The average molecular weight is 384 g/mol. The monoisotopic (exact) mass is 383 g/mol. The number of thioether (sulfide) groups is 1. The summed E-state index contributed by atoms with van der Waals surface area (Å²) in [6, 6.07) is 17.5. The van der Waals surface area contributed by atoms with Crippen LogP contribution in [0.1, 0.15) is 23.2 Å². The minimum Gasteiger partial charge on any atom is -0.310 e. The summed E-state index contributed by atoms with van der Waals surface area (Å²) in [6.45, 7) is 0. The van der Waals surface area contributed by atoms with Crippen LogP contribution >= 0.6 is 23.4 Å². The molecule has 4 rings (SSSR count). The Hall–Kier alpha value is -2.24. The van der Waals surface area contributed by atoms with E-state index in [0.29, 0.717) is 11.4 Å². The number of carbonyl (C=O) groups is 1. The smallest absolute Gasteiger partial charge is 0.225 e. The van der Waals surface area contributed by atoms with Crippen molar-refractivity contribution in [1.82, 2.24) is 9.78 Å². The van der Waals surface area contributed by atoms with Crippen LogP contribution in [0, 0.1) is 0 Å². The van der Waals surface area contributed by atoms with Crippen LogP contribution in [-0.2, 0) is 22.7 Å². The lowest BCUT2D eigenvalue weighted by molar-refractivity contribution is -0.116. The van der Waals surface area contributed by atoms with Crippen molar-refractivity contribution in [3.63, 3.8) is 0 Å². The highest BCUT2D eigenvalue weighted by Crippen LogP contribution is 2.36. The summed E-state index contributed by atoms with van der Waals surface area (Å²) < 4.78 is 1.82. The topological polar surface area (TPSA) is 46.9 Å². The number of hydrogen-bond donors (Lipinski definition) is 1. The van der Waals surface area contributed by atoms with E-state index in [1.54, 1.807) is 0 Å². The van der Waals surface area contributed by atoms with Crippen molar-refractivity contribution < 1.29 is 4.79 Å². The van der Waals surface area contributed by atoms with E-state index in [0.717, 1.165) is 46.3 Å². The first kappa shape index (κ1) is 17.2. The van der Waals surface area contributed by atoms with Crippen molar-refractivity contribution in [2.45, 2.75) is 24.3 Å². The lowest BCUT2D eigenvalue weighted by Crippen LogP contribution is -2.16. The minimum absolute atomic E-state index is 0.00339. The number of benzene rings is 2. The Kier molecular flexibility index (Phi) is 5.00. The quantitative estimate of drug-likeness (QED) is 0.685. The number of hydrogen-bond acceptors (Lipinski definition) is 3. The lowest BCUT2D eigenvalue weighted by atomic mass is 10.1. The van der Waals surface area contributed by atoms with Crippen LogP contribution in [0.4, 0.5) is 5.82 Å². The number of nitrogens with zero attached hydrogens (tertiary/aromatic N) is 2. The van der Waals surface area contributed by atoms with Crippen molar-refractivity contribution in [2.24, 2.45) is 0 Å². The van der Waals surface area contributed by atoms with Crippen molar-refractivity contribution in [2.75, 3.05) is 5.32 Å². The molecule has 0 spiro atoms. The molecule has 132 valence electrons. The Morgan fingerprint density at radius 2 is 1.88 bits per heavy atom. The highest BCUT2D eigenvalue weighted by Gasteiger charge is 2.24. The molecular weight excluding hydrogens is 366 g/mol. The molecular formula is C20H18ClN3OS. The van der Waals surface area contributed by atoms with Gasteiger partial charge in [-0.05, 0) is 36.2 Å². The van der Waals surface area contributed by atoms with E-state index in [-0.39, 0.29) is 5.91 Å². The third-order valence-corrected chi connectivity index (χ3v) is 5.59. The zero-order valence-electron chi connectivity index (χ0n) is 14.1. The minimum atomic E-state index is 0.00339. The fourth-order valence-corrected chi connectivity index (χ4v) is 4.17. The lowest BCUT2D eigenvalue weighted by Gasteiger charge is -2.11. The van der Waals surface area contributed by atoms with E-state index >= 15 is 0 Å². The predicted molar refractivity (Wildman–Crippen MR) is 107 cm³/mol. The Balaban J connectivity index is 1.55. The van der Waals surface area contributed by atoms with Gasteiger partial charge >= 0.3 is 0 Å². The van der Waals surface area contributed by atoms with Crippen LogP contribution in [-0.4, -0.2) is 15.7 Å². The summed E-state index contributed by atoms with van der Waals surface area (Å²) in [5.41, 5.74) is 4.23. The van der Waals surface area contributed by atoms with Gasteiger partial charge in [-0.15, -0.1) is 0 Å². The predicted octanol–water partition coefficient (Wildman–Crippen LogP) is 4.84. The van der Waals surface area contributed by atoms with Crippen LogP contribution in [0.5, 0.6) is 0 Å². The second kappa shape index (κ2) is 7.56. The van der Waals surface area contributed by atoms with Crippen LogP contribution in [0.3, 0.4) is 0 Å². The number of halogens is 1. The van der Waals surface area contributed by atoms with Crippen molar-refractivity contribution in [3.8, 4) is 5.69 Å². The molecule has 0 bridgehead atoms. The van der Waals surface area contributed by atoms with Gasteiger partial charge in [0.05, 0.1) is 11.4 Å². The van der Waals surface area contributed by atoms with Crippen molar-refractivity contribution >= 4 is 35.1 Å². The zero-order chi connectivity index (χ0) is 17.9. The Morgan fingerprint density at radius 3 is 2.65 bits per heavy atom. The van der Waals surface area contributed by atoms with Gasteiger partial charge in [0.25, 0.3) is 0 Å². The van der Waals surface area contributed by atoms with Gasteiger partial charge in [0.15, 0.2) is 0 Å². The number of rotatable bonds is 5. The Labute approximate surface area is 161 Å². The van der Waals surface area contributed by atoms with E-state index in [2.05, 4.69) is 5.32 Å². The van der Waals surface area contributed by atoms with E-state index in [1.165, 1.54) is 0 Å². The van der Waals surface area contributed by atoms with Gasteiger partial charge in [-0.25, -0.2) is 4.68 Å². The zero-order valence-corrected chi connectivity index (χ0v) is 15.7. The number of fused-ring (bicyclic) bond motifs is 1. The average Bonchev–Trinajstić information content (AvgIpc) is 3.24. The summed E-state index contributed by atoms with van der Waals surface area (Å²) in [7, 11) is 0. The van der Waals surface area contributed by atoms with Gasteiger partial charge in [-0.2, -0.15) is 16.9 Å². The molecule has 0 aliphatic carbocycles. The number of anilines is 1. The number of aromatic nitrogens is 2. The molecule has 1 aromatic heterocycles. The molecule has 3 aromatic rings. The van der Waals surface area contributed by atoms with Gasteiger partial charge in [0, 0.05) is 28.5 Å². The number of nitrogens with one attached hydrogen (secondary N) is 1. The summed E-state index contributed by atoms with van der Waals surface area (Å²) in [6.07, 6.45) is 1.16. The number of aryl methyl sites for hydroxylation is 1. The molecule has 0 saturated heterocycles. The first-order valence-electron chi connectivity index (χ1n) is 8.49. The fraction of sp³-hybridized carbons (Fsp3) is 0.200. The largest absolute Gasteiger partial charge is 0.310 e. The maximum Gasteiger partial charge on any atom is 0.225 e. The normalized spacial score (nSPS) is 12.8. The second-order valence-electron chi connectivity index (χ2n) is 6.19. The maximum atomic E-state index is 12.5. The van der Waals surface area contributed by atoms with Crippen LogP contribution in [0.25, 0.3) is 5.69 Å². The number of amides is 1. The molecule has 0 radical (unpaired) electrons. The highest BCUT2D eigenvalue weighted by atomic mass is 35.5. The molecule has 6 heteroatoms. The summed E-state index contributed by atoms with van der Waals surface area (Å²) >= 11 is 7.81. The van der Waals surface area contributed by atoms with E-state index in [4.69, 9.17) is 16.7 Å². The molecule has 1 aliphatic rings. The molecule has 1 N–H and O–H groups in total. The second-order valence-corrected chi connectivity index (χ2v) is 7.61. The number of carbonyl (C=O) groups excluding carboxylic acids is 1. The molecule has 0 fully saturated rings. The van der Waals surface area contributed by atoms with E-state index in [1.807, 2.05) is 71.0 Å². The van der Waals surface area contributed by atoms with Gasteiger partial charge in [-0.3, -0.25) is 4.79 Å². The summed E-state index contributed by atoms with van der Waals surface area (Å²) in [5.74, 6) is 2.54. The molecule has 26 heavy (non-hydrogen) atoms.